The van der Waals surface area contributed by atoms with Gasteiger partial charge in [-0.25, -0.2) is 0 Å². The van der Waals surface area contributed by atoms with Crippen molar-refractivity contribution >= 4 is 11.8 Å². The first-order valence-corrected chi connectivity index (χ1v) is 7.17. The number of hydrogen-bond acceptors (Lipinski definition) is 2. The van der Waals surface area contributed by atoms with Gasteiger partial charge in [-0.1, -0.05) is 20.8 Å². The molecule has 2 atom stereocenters. The van der Waals surface area contributed by atoms with Crippen LogP contribution in [0.3, 0.4) is 0 Å². The van der Waals surface area contributed by atoms with Gasteiger partial charge in [0.25, 0.3) is 0 Å². The van der Waals surface area contributed by atoms with Gasteiger partial charge < -0.3 is 5.32 Å². The van der Waals surface area contributed by atoms with E-state index in [0.717, 1.165) is 12.5 Å². The fourth-order valence-electron chi connectivity index (χ4n) is 1.83. The third-order valence-electron chi connectivity index (χ3n) is 2.50. The van der Waals surface area contributed by atoms with E-state index in [0.29, 0.717) is 6.04 Å². The fourth-order valence-corrected chi connectivity index (χ4v) is 2.49. The van der Waals surface area contributed by atoms with Gasteiger partial charge in [-0.15, -0.1) is 0 Å². The molecule has 86 valence electrons. The third kappa shape index (κ3) is 8.89. The van der Waals surface area contributed by atoms with E-state index < -0.39 is 0 Å². The molecule has 1 nitrogen and oxygen atoms in total. The topological polar surface area (TPSA) is 12.0 Å². The summed E-state index contributed by atoms with van der Waals surface area (Å²) in [4.78, 5) is 0. The zero-order valence-electron chi connectivity index (χ0n) is 10.3. The molecule has 0 aromatic carbocycles. The predicted molar refractivity (Wildman–Crippen MR) is 69.2 cm³/mol. The molecule has 0 amide bonds. The Labute approximate surface area is 94.4 Å². The van der Waals surface area contributed by atoms with E-state index >= 15 is 0 Å². The first-order chi connectivity index (χ1) is 6.70. The predicted octanol–water partition coefficient (Wildman–Crippen LogP) is 3.54. The summed E-state index contributed by atoms with van der Waals surface area (Å²) in [7, 11) is 0. The number of nitrogens with one attached hydrogen (secondary N) is 1. The molecule has 0 aliphatic carbocycles. The van der Waals surface area contributed by atoms with Crippen LogP contribution >= 0.6 is 11.8 Å². The van der Waals surface area contributed by atoms with Gasteiger partial charge in [0.15, 0.2) is 0 Å². The van der Waals surface area contributed by atoms with Crippen molar-refractivity contribution in [3.05, 3.63) is 0 Å². The summed E-state index contributed by atoms with van der Waals surface area (Å²) in [5.41, 5.74) is 0. The van der Waals surface area contributed by atoms with Gasteiger partial charge in [0, 0.05) is 6.04 Å². The third-order valence-corrected chi connectivity index (χ3v) is 3.48. The first-order valence-electron chi connectivity index (χ1n) is 6.01. The second-order valence-electron chi connectivity index (χ2n) is 4.14. The van der Waals surface area contributed by atoms with Gasteiger partial charge in [-0.2, -0.15) is 11.8 Å². The van der Waals surface area contributed by atoms with Crippen LogP contribution in [0.4, 0.5) is 0 Å². The van der Waals surface area contributed by atoms with Crippen LogP contribution in [0.15, 0.2) is 0 Å². The Bertz CT molecular complexity index is 117. The molecule has 0 saturated carbocycles. The van der Waals surface area contributed by atoms with Crippen molar-refractivity contribution < 1.29 is 0 Å². The second-order valence-corrected chi connectivity index (χ2v) is 5.53. The monoisotopic (exact) mass is 217 g/mol. The summed E-state index contributed by atoms with van der Waals surface area (Å²) in [5.74, 6) is 3.49. The molecule has 0 rings (SSSR count). The van der Waals surface area contributed by atoms with Crippen molar-refractivity contribution in [1.82, 2.24) is 5.32 Å². The van der Waals surface area contributed by atoms with E-state index in [1.54, 1.807) is 0 Å². The second kappa shape index (κ2) is 9.85. The van der Waals surface area contributed by atoms with Crippen molar-refractivity contribution in [1.29, 1.82) is 0 Å². The van der Waals surface area contributed by atoms with E-state index in [1.165, 1.54) is 30.8 Å². The maximum absolute atomic E-state index is 3.47. The Balaban J connectivity index is 3.30. The summed E-state index contributed by atoms with van der Waals surface area (Å²) in [6.07, 6.45) is 4.10. The summed E-state index contributed by atoms with van der Waals surface area (Å²) >= 11 is 2.06. The zero-order chi connectivity index (χ0) is 10.8. The Morgan fingerprint density at radius 1 is 1.21 bits per heavy atom. The van der Waals surface area contributed by atoms with E-state index in [2.05, 4.69) is 44.8 Å². The maximum atomic E-state index is 3.47. The quantitative estimate of drug-likeness (QED) is 0.593. The highest BCUT2D eigenvalue weighted by molar-refractivity contribution is 7.99. The van der Waals surface area contributed by atoms with Crippen molar-refractivity contribution in [2.24, 2.45) is 5.92 Å². The lowest BCUT2D eigenvalue weighted by Gasteiger charge is -2.17. The molecule has 2 heteroatoms. The average molecular weight is 217 g/mol. The molecule has 0 fully saturated rings. The Morgan fingerprint density at radius 2 is 1.93 bits per heavy atom. The Hall–Kier alpha value is 0.310. The molecule has 0 aromatic heterocycles. The molecule has 0 aliphatic rings. The van der Waals surface area contributed by atoms with E-state index in [4.69, 9.17) is 0 Å². The molecule has 0 spiro atoms. The molecule has 0 aromatic rings. The molecule has 1 N–H and O–H groups in total. The highest BCUT2D eigenvalue weighted by Crippen LogP contribution is 2.14. The fraction of sp³-hybridized carbons (Fsp3) is 1.00. The summed E-state index contributed by atoms with van der Waals surface area (Å²) in [6.45, 7) is 10.2. The number of rotatable bonds is 9. The van der Waals surface area contributed by atoms with Crippen molar-refractivity contribution in [2.75, 3.05) is 18.1 Å². The van der Waals surface area contributed by atoms with Crippen molar-refractivity contribution in [3.8, 4) is 0 Å². The van der Waals surface area contributed by atoms with E-state index in [-0.39, 0.29) is 0 Å². The Morgan fingerprint density at radius 3 is 2.50 bits per heavy atom. The summed E-state index contributed by atoms with van der Waals surface area (Å²) in [6, 6.07) is 0.689. The Kier molecular flexibility index (Phi) is 10.1. The van der Waals surface area contributed by atoms with E-state index in [9.17, 15) is 0 Å². The van der Waals surface area contributed by atoms with Gasteiger partial charge in [0.2, 0.25) is 0 Å². The first kappa shape index (κ1) is 14.3. The molecule has 0 saturated heterocycles. The minimum atomic E-state index is 0.689. The molecule has 2 unspecified atom stereocenters. The number of thioether (sulfide) groups is 1. The lowest BCUT2D eigenvalue weighted by Crippen LogP contribution is -2.27. The normalized spacial score (nSPS) is 15.4. The van der Waals surface area contributed by atoms with Gasteiger partial charge in [-0.3, -0.25) is 0 Å². The van der Waals surface area contributed by atoms with Crippen LogP contribution < -0.4 is 5.32 Å². The zero-order valence-corrected chi connectivity index (χ0v) is 11.1. The van der Waals surface area contributed by atoms with Crippen LogP contribution in [-0.2, 0) is 0 Å². The molecule has 0 heterocycles. The van der Waals surface area contributed by atoms with Gasteiger partial charge in [-0.05, 0) is 50.2 Å². The van der Waals surface area contributed by atoms with Crippen molar-refractivity contribution in [3.63, 3.8) is 0 Å². The van der Waals surface area contributed by atoms with Gasteiger partial charge in [0.1, 0.15) is 0 Å². The SMILES string of the molecule is CCNC(C)CC(C)CCCSCC. The van der Waals surface area contributed by atoms with Crippen LogP contribution in [0, 0.1) is 5.92 Å². The molecule has 0 radical (unpaired) electrons. The lowest BCUT2D eigenvalue weighted by molar-refractivity contribution is 0.406. The smallest absolute Gasteiger partial charge is 0.00411 e. The van der Waals surface area contributed by atoms with Gasteiger partial charge >= 0.3 is 0 Å². The molecular formula is C12H27NS. The summed E-state index contributed by atoms with van der Waals surface area (Å²) < 4.78 is 0. The van der Waals surface area contributed by atoms with E-state index in [1.807, 2.05) is 0 Å². The molecule has 0 bridgehead atoms. The van der Waals surface area contributed by atoms with Crippen LogP contribution in [0.1, 0.15) is 47.0 Å². The largest absolute Gasteiger partial charge is 0.315 e. The minimum Gasteiger partial charge on any atom is -0.315 e. The molecule has 14 heavy (non-hydrogen) atoms. The van der Waals surface area contributed by atoms with Crippen LogP contribution in [-0.4, -0.2) is 24.1 Å². The maximum Gasteiger partial charge on any atom is 0.00411 e. The standard InChI is InChI=1S/C12H27NS/c1-5-13-12(4)10-11(3)8-7-9-14-6-2/h11-13H,5-10H2,1-4H3. The highest BCUT2D eigenvalue weighted by Gasteiger charge is 2.06. The minimum absolute atomic E-state index is 0.689. The average Bonchev–Trinajstić information content (AvgIpc) is 2.13. The highest BCUT2D eigenvalue weighted by atomic mass is 32.2. The van der Waals surface area contributed by atoms with Crippen LogP contribution in [0.25, 0.3) is 0 Å². The number of hydrogen-bond donors (Lipinski definition) is 1. The molecular weight excluding hydrogens is 190 g/mol. The van der Waals surface area contributed by atoms with Crippen LogP contribution in [0.5, 0.6) is 0 Å². The lowest BCUT2D eigenvalue weighted by atomic mass is 9.98. The van der Waals surface area contributed by atoms with Crippen LogP contribution in [0.2, 0.25) is 0 Å². The molecule has 0 aliphatic heterocycles. The van der Waals surface area contributed by atoms with Gasteiger partial charge in [0.05, 0.1) is 0 Å². The van der Waals surface area contributed by atoms with Crippen molar-refractivity contribution in [2.45, 2.75) is 53.0 Å². The summed E-state index contributed by atoms with van der Waals surface area (Å²) in [5, 5.41) is 3.47.